The monoisotopic (exact) mass is 282 g/mol. The molecule has 0 aliphatic carbocycles. The Morgan fingerprint density at radius 3 is 1.75 bits per heavy atom. The van der Waals surface area contributed by atoms with Gasteiger partial charge in [0.25, 0.3) is 0 Å². The van der Waals surface area contributed by atoms with Gasteiger partial charge >= 0.3 is 0 Å². The van der Waals surface area contributed by atoms with Gasteiger partial charge in [-0.25, -0.2) is 0 Å². The summed E-state index contributed by atoms with van der Waals surface area (Å²) >= 11 is 0. The van der Waals surface area contributed by atoms with Crippen LogP contribution in [-0.4, -0.2) is 12.2 Å². The zero-order valence-corrected chi connectivity index (χ0v) is 14.3. The van der Waals surface area contributed by atoms with Gasteiger partial charge < -0.3 is 4.74 Å². The molecule has 0 aromatic carbocycles. The van der Waals surface area contributed by atoms with Crippen LogP contribution >= 0.6 is 0 Å². The average Bonchev–Trinajstić information content (AvgIpc) is 3.17. The maximum absolute atomic E-state index is 5.75. The normalized spacial score (nSPS) is 21.6. The quantitative estimate of drug-likeness (QED) is 0.261. The first kappa shape index (κ1) is 18.0. The fourth-order valence-corrected chi connectivity index (χ4v) is 3.02. The molecular formula is C19H38O. The van der Waals surface area contributed by atoms with Crippen LogP contribution in [0.1, 0.15) is 104 Å². The van der Waals surface area contributed by atoms with Gasteiger partial charge in [-0.15, -0.1) is 0 Å². The maximum atomic E-state index is 5.75. The molecule has 1 fully saturated rings. The van der Waals surface area contributed by atoms with Crippen molar-refractivity contribution < 1.29 is 4.74 Å². The van der Waals surface area contributed by atoms with Gasteiger partial charge in [-0.3, -0.25) is 0 Å². The second kappa shape index (κ2) is 11.6. The molecule has 0 N–H and O–H groups in total. The fraction of sp³-hybridized carbons (Fsp3) is 1.00. The van der Waals surface area contributed by atoms with E-state index < -0.39 is 0 Å². The van der Waals surface area contributed by atoms with E-state index in [0.717, 1.165) is 5.92 Å². The second-order valence-corrected chi connectivity index (χ2v) is 7.15. The van der Waals surface area contributed by atoms with E-state index in [-0.39, 0.29) is 0 Å². The van der Waals surface area contributed by atoms with E-state index in [1.54, 1.807) is 0 Å². The Morgan fingerprint density at radius 2 is 1.20 bits per heavy atom. The molecule has 1 heterocycles. The van der Waals surface area contributed by atoms with Gasteiger partial charge in [-0.2, -0.15) is 0 Å². The largest absolute Gasteiger partial charge is 0.370 e. The summed E-state index contributed by atoms with van der Waals surface area (Å²) in [6.07, 6.45) is 19.5. The van der Waals surface area contributed by atoms with Crippen LogP contribution in [0.5, 0.6) is 0 Å². The van der Waals surface area contributed by atoms with Crippen LogP contribution in [-0.2, 0) is 4.74 Å². The summed E-state index contributed by atoms with van der Waals surface area (Å²) in [5.74, 6) is 0.831. The Bertz CT molecular complexity index is 212. The zero-order valence-electron chi connectivity index (χ0n) is 14.3. The predicted octanol–water partition coefficient (Wildman–Crippen LogP) is 6.50. The average molecular weight is 283 g/mol. The first-order valence-electron chi connectivity index (χ1n) is 9.39. The molecule has 2 atom stereocenters. The van der Waals surface area contributed by atoms with E-state index >= 15 is 0 Å². The first-order valence-corrected chi connectivity index (χ1v) is 9.39. The number of ether oxygens (including phenoxy) is 1. The lowest BCUT2D eigenvalue weighted by molar-refractivity contribution is 0.343. The molecule has 1 saturated heterocycles. The Balaban J connectivity index is 1.73. The van der Waals surface area contributed by atoms with Gasteiger partial charge in [-0.05, 0) is 25.2 Å². The zero-order chi connectivity index (χ0) is 14.6. The van der Waals surface area contributed by atoms with Crippen molar-refractivity contribution in [1.82, 2.24) is 0 Å². The predicted molar refractivity (Wildman–Crippen MR) is 89.2 cm³/mol. The summed E-state index contributed by atoms with van der Waals surface area (Å²) in [5.41, 5.74) is 0. The molecule has 1 aliphatic rings. The Hall–Kier alpha value is -0.0400. The molecule has 20 heavy (non-hydrogen) atoms. The molecule has 0 aromatic rings. The van der Waals surface area contributed by atoms with Crippen LogP contribution in [0.3, 0.4) is 0 Å². The summed E-state index contributed by atoms with van der Waals surface area (Å²) in [6.45, 7) is 6.90. The molecule has 1 rings (SSSR count). The minimum absolute atomic E-state index is 0.621. The minimum atomic E-state index is 0.621. The Morgan fingerprint density at radius 1 is 0.700 bits per heavy atom. The third kappa shape index (κ3) is 9.80. The van der Waals surface area contributed by atoms with Crippen LogP contribution in [0.4, 0.5) is 0 Å². The highest BCUT2D eigenvalue weighted by Gasteiger charge is 2.37. The summed E-state index contributed by atoms with van der Waals surface area (Å²) < 4.78 is 5.75. The standard InChI is InChI=1S/C19H38O/c1-4-5-6-7-8-9-10-11-12-13-14-18-19(20-18)16-15-17(2)3/h17-19H,4-16H2,1-3H3/t18-,19-/m0/s1. The van der Waals surface area contributed by atoms with Crippen LogP contribution in [0.15, 0.2) is 0 Å². The third-order valence-electron chi connectivity index (χ3n) is 4.56. The third-order valence-corrected chi connectivity index (χ3v) is 4.56. The molecule has 0 aromatic heterocycles. The fourth-order valence-electron chi connectivity index (χ4n) is 3.02. The van der Waals surface area contributed by atoms with E-state index in [1.807, 2.05) is 0 Å². The molecule has 0 radical (unpaired) electrons. The summed E-state index contributed by atoms with van der Waals surface area (Å²) in [6, 6.07) is 0. The molecular weight excluding hydrogens is 244 g/mol. The lowest BCUT2D eigenvalue weighted by Crippen LogP contribution is -1.97. The molecule has 1 heteroatoms. The highest BCUT2D eigenvalue weighted by Crippen LogP contribution is 2.32. The SMILES string of the molecule is CCCCCCCCCCCC[C@@H]1O[C@H]1CCC(C)C. The van der Waals surface area contributed by atoms with E-state index in [2.05, 4.69) is 20.8 Å². The number of hydrogen-bond donors (Lipinski definition) is 0. The molecule has 0 amide bonds. The van der Waals surface area contributed by atoms with Gasteiger partial charge in [0, 0.05) is 0 Å². The van der Waals surface area contributed by atoms with E-state index in [0.29, 0.717) is 12.2 Å². The molecule has 120 valence electrons. The lowest BCUT2D eigenvalue weighted by atomic mass is 10.0. The van der Waals surface area contributed by atoms with Crippen LogP contribution < -0.4 is 0 Å². The number of rotatable bonds is 14. The van der Waals surface area contributed by atoms with Crippen LogP contribution in [0.2, 0.25) is 0 Å². The van der Waals surface area contributed by atoms with Gasteiger partial charge in [-0.1, -0.05) is 85.0 Å². The summed E-state index contributed by atoms with van der Waals surface area (Å²) in [7, 11) is 0. The Labute approximate surface area is 127 Å². The van der Waals surface area contributed by atoms with Crippen molar-refractivity contribution in [3.8, 4) is 0 Å². The minimum Gasteiger partial charge on any atom is -0.370 e. The maximum Gasteiger partial charge on any atom is 0.0842 e. The molecule has 0 bridgehead atoms. The Kier molecular flexibility index (Phi) is 10.4. The van der Waals surface area contributed by atoms with Crippen molar-refractivity contribution >= 4 is 0 Å². The first-order chi connectivity index (χ1) is 9.74. The topological polar surface area (TPSA) is 12.5 Å². The number of epoxide rings is 1. The smallest absolute Gasteiger partial charge is 0.0842 e. The molecule has 0 unspecified atom stereocenters. The van der Waals surface area contributed by atoms with Gasteiger partial charge in [0.15, 0.2) is 0 Å². The van der Waals surface area contributed by atoms with Gasteiger partial charge in [0.05, 0.1) is 12.2 Å². The molecule has 0 spiro atoms. The van der Waals surface area contributed by atoms with Crippen LogP contribution in [0, 0.1) is 5.92 Å². The van der Waals surface area contributed by atoms with Crippen molar-refractivity contribution in [3.63, 3.8) is 0 Å². The van der Waals surface area contributed by atoms with Crippen molar-refractivity contribution in [2.75, 3.05) is 0 Å². The van der Waals surface area contributed by atoms with Crippen LogP contribution in [0.25, 0.3) is 0 Å². The van der Waals surface area contributed by atoms with E-state index in [1.165, 1.54) is 83.5 Å². The van der Waals surface area contributed by atoms with E-state index in [4.69, 9.17) is 4.74 Å². The number of hydrogen-bond acceptors (Lipinski definition) is 1. The van der Waals surface area contributed by atoms with Crippen molar-refractivity contribution in [2.24, 2.45) is 5.92 Å². The molecule has 1 aliphatic heterocycles. The van der Waals surface area contributed by atoms with Gasteiger partial charge in [0.1, 0.15) is 0 Å². The van der Waals surface area contributed by atoms with Crippen molar-refractivity contribution in [1.29, 1.82) is 0 Å². The second-order valence-electron chi connectivity index (χ2n) is 7.15. The van der Waals surface area contributed by atoms with Crippen molar-refractivity contribution in [3.05, 3.63) is 0 Å². The lowest BCUT2D eigenvalue weighted by Gasteiger charge is -2.02. The highest BCUT2D eigenvalue weighted by atomic mass is 16.6. The number of unbranched alkanes of at least 4 members (excludes halogenated alkanes) is 9. The van der Waals surface area contributed by atoms with Crippen molar-refractivity contribution in [2.45, 2.75) is 116 Å². The van der Waals surface area contributed by atoms with E-state index in [9.17, 15) is 0 Å². The summed E-state index contributed by atoms with van der Waals surface area (Å²) in [4.78, 5) is 0. The molecule has 0 saturated carbocycles. The highest BCUT2D eigenvalue weighted by molar-refractivity contribution is 4.84. The van der Waals surface area contributed by atoms with Gasteiger partial charge in [0.2, 0.25) is 0 Å². The summed E-state index contributed by atoms with van der Waals surface area (Å²) in [5, 5.41) is 0. The molecule has 1 nitrogen and oxygen atoms in total.